The second-order valence-electron chi connectivity index (χ2n) is 8.92. The Balaban J connectivity index is 1.36. The molecule has 8 nitrogen and oxygen atoms in total. The molecule has 3 N–H and O–H groups in total. The molecule has 0 aliphatic rings. The summed E-state index contributed by atoms with van der Waals surface area (Å²) in [6.45, 7) is 3.68. The van der Waals surface area contributed by atoms with Crippen LogP contribution in [0.5, 0.6) is 0 Å². The molecule has 0 spiro atoms. The number of rotatable bonds is 7. The molecule has 1 amide bonds. The van der Waals surface area contributed by atoms with Crippen molar-refractivity contribution in [1.82, 2.24) is 10.1 Å². The van der Waals surface area contributed by atoms with Crippen LogP contribution in [-0.4, -0.2) is 27.3 Å². The Morgan fingerprint density at radius 1 is 1.11 bits per heavy atom. The Kier molecular flexibility index (Phi) is 6.89. The van der Waals surface area contributed by atoms with E-state index in [1.165, 1.54) is 6.20 Å². The maximum absolute atomic E-state index is 12.6. The molecule has 1 unspecified atom stereocenters. The number of carboxylic acid groups (broad SMARTS) is 1. The summed E-state index contributed by atoms with van der Waals surface area (Å²) in [5.74, 6) is -0.493. The lowest BCUT2D eigenvalue weighted by Gasteiger charge is -2.15. The minimum Gasteiger partial charge on any atom is -0.481 e. The number of H-pyrrole nitrogens is 1. The lowest BCUT2D eigenvalue weighted by molar-refractivity contribution is -0.136. The first-order valence-corrected chi connectivity index (χ1v) is 12.3. The van der Waals surface area contributed by atoms with Crippen LogP contribution in [0, 0.1) is 6.92 Å². The largest absolute Gasteiger partial charge is 0.481 e. The van der Waals surface area contributed by atoms with Gasteiger partial charge in [0.05, 0.1) is 18.1 Å². The van der Waals surface area contributed by atoms with E-state index in [1.807, 2.05) is 61.5 Å². The zero-order valence-electron chi connectivity index (χ0n) is 20.6. The van der Waals surface area contributed by atoms with E-state index in [0.717, 1.165) is 33.3 Å². The third-order valence-corrected chi connectivity index (χ3v) is 6.59. The summed E-state index contributed by atoms with van der Waals surface area (Å²) in [4.78, 5) is 27.1. The third kappa shape index (κ3) is 5.12. The third-order valence-electron chi connectivity index (χ3n) is 6.25. The van der Waals surface area contributed by atoms with Crippen molar-refractivity contribution in [3.8, 4) is 22.5 Å². The number of nitrogens with zero attached hydrogens (tertiary/aromatic N) is 1. The first-order valence-electron chi connectivity index (χ1n) is 11.9. The number of fused-ring (bicyclic) bond motifs is 1. The molecule has 0 bridgehead atoms. The number of carbonyl (C=O) groups excluding carboxylic acids is 1. The summed E-state index contributed by atoms with van der Waals surface area (Å²) in [6.07, 6.45) is 0.140. The van der Waals surface area contributed by atoms with Gasteiger partial charge in [-0.2, -0.15) is 0 Å². The lowest BCUT2D eigenvalue weighted by Crippen LogP contribution is -2.16. The second-order valence-corrected chi connectivity index (χ2v) is 9.33. The molecule has 5 aromatic rings. The molecular weight excluding hydrogens is 506 g/mol. The van der Waals surface area contributed by atoms with Crippen LogP contribution in [0.15, 0.2) is 77.4 Å². The number of amides is 1. The molecule has 2 aromatic heterocycles. The highest BCUT2D eigenvalue weighted by molar-refractivity contribution is 6.31. The zero-order valence-corrected chi connectivity index (χ0v) is 21.4. The minimum absolute atomic E-state index is 0.0590. The van der Waals surface area contributed by atoms with Gasteiger partial charge in [-0.3, -0.25) is 10.1 Å². The van der Waals surface area contributed by atoms with Crippen molar-refractivity contribution in [2.24, 2.45) is 0 Å². The fourth-order valence-corrected chi connectivity index (χ4v) is 4.77. The van der Waals surface area contributed by atoms with Gasteiger partial charge in [-0.05, 0) is 42.7 Å². The average molecular weight is 530 g/mol. The number of halogens is 1. The monoisotopic (exact) mass is 529 g/mol. The average Bonchev–Trinajstić information content (AvgIpc) is 3.50. The molecular formula is C29H24ClN3O5. The number of aryl methyl sites for hydroxylation is 1. The zero-order chi connectivity index (χ0) is 26.8. The van der Waals surface area contributed by atoms with Gasteiger partial charge in [-0.25, -0.2) is 4.79 Å². The van der Waals surface area contributed by atoms with Crippen molar-refractivity contribution < 1.29 is 24.0 Å². The van der Waals surface area contributed by atoms with Crippen LogP contribution >= 0.6 is 11.6 Å². The molecule has 0 aliphatic carbocycles. The van der Waals surface area contributed by atoms with Crippen LogP contribution in [0.25, 0.3) is 33.4 Å². The molecule has 0 saturated carbocycles. The molecule has 1 atom stereocenters. The first kappa shape index (κ1) is 25.1. The Morgan fingerprint density at radius 3 is 2.58 bits per heavy atom. The summed E-state index contributed by atoms with van der Waals surface area (Å²) < 4.78 is 10.9. The van der Waals surface area contributed by atoms with Crippen LogP contribution in [0.2, 0.25) is 5.02 Å². The predicted octanol–water partition coefficient (Wildman–Crippen LogP) is 7.39. The van der Waals surface area contributed by atoms with Gasteiger partial charge >= 0.3 is 12.1 Å². The number of hydrogen-bond donors (Lipinski definition) is 3. The topological polar surface area (TPSA) is 117 Å². The summed E-state index contributed by atoms with van der Waals surface area (Å²) >= 11 is 6.21. The number of benzene rings is 3. The number of carboxylic acids is 1. The van der Waals surface area contributed by atoms with E-state index >= 15 is 0 Å². The molecule has 3 aromatic carbocycles. The van der Waals surface area contributed by atoms with E-state index in [2.05, 4.69) is 15.5 Å². The van der Waals surface area contributed by atoms with Crippen molar-refractivity contribution >= 4 is 40.3 Å². The fourth-order valence-electron chi connectivity index (χ4n) is 4.48. The number of aromatic amines is 1. The maximum atomic E-state index is 12.6. The van der Waals surface area contributed by atoms with Gasteiger partial charge in [0.1, 0.15) is 11.8 Å². The smallest absolute Gasteiger partial charge is 0.412 e. The minimum atomic E-state index is -0.880. The Bertz CT molecular complexity index is 1640. The van der Waals surface area contributed by atoms with Gasteiger partial charge < -0.3 is 19.4 Å². The number of ether oxygens (including phenoxy) is 1. The van der Waals surface area contributed by atoms with Crippen molar-refractivity contribution in [2.45, 2.75) is 26.4 Å². The molecule has 0 aliphatic heterocycles. The molecule has 2 heterocycles. The van der Waals surface area contributed by atoms with E-state index in [4.69, 9.17) is 20.9 Å². The molecule has 192 valence electrons. The van der Waals surface area contributed by atoms with E-state index in [1.54, 1.807) is 19.1 Å². The standard InChI is InChI=1S/C29H24ClN3O5/c1-16-13-23-22(12-11-20(14-26(34)35)27(23)32-16)18-7-9-19(10-8-18)28-25(15-31-38-28)33-29(36)37-17(2)21-5-3-4-6-24(21)30/h3-13,15,17,32H,14H2,1-2H3,(H,33,36)(H,34,35). The van der Waals surface area contributed by atoms with E-state index in [-0.39, 0.29) is 6.42 Å². The fraction of sp³-hybridized carbons (Fsp3) is 0.138. The predicted molar refractivity (Wildman–Crippen MR) is 145 cm³/mol. The summed E-state index contributed by atoms with van der Waals surface area (Å²) in [5.41, 5.74) is 6.20. The van der Waals surface area contributed by atoms with E-state index in [9.17, 15) is 14.7 Å². The quantitative estimate of drug-likeness (QED) is 0.202. The SMILES string of the molecule is Cc1cc2c(-c3ccc(-c4oncc4NC(=O)OC(C)c4ccccc4Cl)cc3)ccc(CC(=O)O)c2[nH]1. The number of aromatic nitrogens is 2. The first-order chi connectivity index (χ1) is 18.3. The normalized spacial score (nSPS) is 11.9. The van der Waals surface area contributed by atoms with Crippen LogP contribution in [0.4, 0.5) is 10.5 Å². The number of hydrogen-bond acceptors (Lipinski definition) is 5. The Morgan fingerprint density at radius 2 is 1.84 bits per heavy atom. The van der Waals surface area contributed by atoms with E-state index < -0.39 is 18.2 Å². The van der Waals surface area contributed by atoms with Gasteiger partial charge in [-0.1, -0.05) is 71.4 Å². The summed E-state index contributed by atoms with van der Waals surface area (Å²) in [6, 6.07) is 20.6. The second kappa shape index (κ2) is 10.4. The van der Waals surface area contributed by atoms with Gasteiger partial charge in [0.2, 0.25) is 0 Å². The van der Waals surface area contributed by atoms with Crippen molar-refractivity contribution in [3.63, 3.8) is 0 Å². The van der Waals surface area contributed by atoms with Crippen LogP contribution < -0.4 is 5.32 Å². The molecule has 38 heavy (non-hydrogen) atoms. The van der Waals surface area contributed by atoms with Crippen molar-refractivity contribution in [3.05, 3.63) is 94.8 Å². The number of nitrogens with one attached hydrogen (secondary N) is 2. The van der Waals surface area contributed by atoms with E-state index in [0.29, 0.717) is 27.6 Å². The highest BCUT2D eigenvalue weighted by atomic mass is 35.5. The van der Waals surface area contributed by atoms with Crippen molar-refractivity contribution in [2.75, 3.05) is 5.32 Å². The molecule has 0 fully saturated rings. The van der Waals surface area contributed by atoms with Gasteiger partial charge in [0.15, 0.2) is 5.76 Å². The lowest BCUT2D eigenvalue weighted by atomic mass is 9.97. The maximum Gasteiger partial charge on any atom is 0.412 e. The Labute approximate surface area is 223 Å². The van der Waals surface area contributed by atoms with Crippen LogP contribution in [0.3, 0.4) is 0 Å². The van der Waals surface area contributed by atoms with Gasteiger partial charge in [-0.15, -0.1) is 0 Å². The van der Waals surface area contributed by atoms with Crippen molar-refractivity contribution in [1.29, 1.82) is 0 Å². The number of carbonyl (C=O) groups is 2. The molecule has 5 rings (SSSR count). The highest BCUT2D eigenvalue weighted by Crippen LogP contribution is 2.35. The van der Waals surface area contributed by atoms with Crippen LogP contribution in [0.1, 0.15) is 29.8 Å². The summed E-state index contributed by atoms with van der Waals surface area (Å²) in [7, 11) is 0. The number of anilines is 1. The molecule has 0 radical (unpaired) electrons. The highest BCUT2D eigenvalue weighted by Gasteiger charge is 2.19. The van der Waals surface area contributed by atoms with Gasteiger partial charge in [0, 0.05) is 27.2 Å². The number of aliphatic carboxylic acids is 1. The molecule has 0 saturated heterocycles. The Hall–Kier alpha value is -4.56. The molecule has 9 heteroatoms. The van der Waals surface area contributed by atoms with Gasteiger partial charge in [0.25, 0.3) is 0 Å². The van der Waals surface area contributed by atoms with Crippen LogP contribution in [-0.2, 0) is 16.0 Å². The summed E-state index contributed by atoms with van der Waals surface area (Å²) in [5, 5.41) is 17.3.